The largest absolute Gasteiger partial charge is 0.374 e. The third kappa shape index (κ3) is 4.21. The molecule has 1 amide bonds. The number of nitrogens with zero attached hydrogens (tertiary/aromatic N) is 2. The van der Waals surface area contributed by atoms with Crippen LogP contribution in [-0.4, -0.2) is 31.1 Å². The zero-order chi connectivity index (χ0) is 15.5. The second kappa shape index (κ2) is 6.16. The zero-order valence-electron chi connectivity index (χ0n) is 10.8. The Hall–Kier alpha value is -2.04. The molecule has 10 heteroatoms. The van der Waals surface area contributed by atoms with E-state index in [4.69, 9.17) is 10.9 Å². The topological polar surface area (TPSA) is 141 Å². The minimum atomic E-state index is -3.68. The minimum absolute atomic E-state index is 0.0552. The lowest BCUT2D eigenvalue weighted by Gasteiger charge is -2.04. The Balaban J connectivity index is 1.88. The van der Waals surface area contributed by atoms with Crippen LogP contribution in [0.5, 0.6) is 0 Å². The molecule has 2 aromatic rings. The molecule has 1 heterocycles. The molecule has 0 aliphatic rings. The molecular weight excluding hydrogens is 314 g/mol. The highest BCUT2D eigenvalue weighted by Crippen LogP contribution is 2.11. The number of amides is 1. The van der Waals surface area contributed by atoms with Gasteiger partial charge in [-0.1, -0.05) is 23.5 Å². The van der Waals surface area contributed by atoms with Crippen LogP contribution in [0, 0.1) is 0 Å². The fourth-order valence-corrected chi connectivity index (χ4v) is 2.61. The molecule has 0 radical (unpaired) electrons. The van der Waals surface area contributed by atoms with E-state index < -0.39 is 10.0 Å². The Morgan fingerprint density at radius 3 is 2.43 bits per heavy atom. The van der Waals surface area contributed by atoms with E-state index in [2.05, 4.69) is 15.5 Å². The van der Waals surface area contributed by atoms with E-state index in [1.54, 1.807) is 12.1 Å². The molecule has 0 atom stereocenters. The molecule has 5 N–H and O–H groups in total. The third-order valence-electron chi connectivity index (χ3n) is 2.59. The molecule has 2 rings (SSSR count). The first-order valence-corrected chi connectivity index (χ1v) is 8.21. The number of carbonyl (C=O) groups is 1. The fourth-order valence-electron chi connectivity index (χ4n) is 1.57. The van der Waals surface area contributed by atoms with Gasteiger partial charge in [-0.2, -0.15) is 0 Å². The van der Waals surface area contributed by atoms with Gasteiger partial charge in [-0.05, 0) is 24.1 Å². The second-order valence-corrected chi connectivity index (χ2v) is 6.71. The van der Waals surface area contributed by atoms with Crippen molar-refractivity contribution in [3.63, 3.8) is 0 Å². The van der Waals surface area contributed by atoms with Gasteiger partial charge < -0.3 is 11.1 Å². The standard InChI is InChI=1S/C11H13N5O3S2/c12-11-16-15-10(20-11)9(17)14-6-5-7-1-3-8(4-2-7)21(13,18)19/h1-4H,5-6H2,(H2,12,16)(H,14,17)(H2,13,18,19). The molecule has 112 valence electrons. The van der Waals surface area contributed by atoms with Crippen molar-refractivity contribution in [2.75, 3.05) is 12.3 Å². The lowest BCUT2D eigenvalue weighted by atomic mass is 10.1. The number of hydrogen-bond donors (Lipinski definition) is 3. The maximum atomic E-state index is 11.7. The summed E-state index contributed by atoms with van der Waals surface area (Å²) >= 11 is 1.01. The van der Waals surface area contributed by atoms with Crippen LogP contribution >= 0.6 is 11.3 Å². The number of nitrogens with two attached hydrogens (primary N) is 2. The summed E-state index contributed by atoms with van der Waals surface area (Å²) in [6, 6.07) is 6.15. The van der Waals surface area contributed by atoms with Crippen LogP contribution in [0.4, 0.5) is 5.13 Å². The molecule has 0 unspecified atom stereocenters. The van der Waals surface area contributed by atoms with Crippen molar-refractivity contribution in [3.8, 4) is 0 Å². The number of primary sulfonamides is 1. The van der Waals surface area contributed by atoms with Gasteiger partial charge in [0, 0.05) is 6.54 Å². The normalized spacial score (nSPS) is 11.3. The van der Waals surface area contributed by atoms with Crippen molar-refractivity contribution in [3.05, 3.63) is 34.8 Å². The minimum Gasteiger partial charge on any atom is -0.374 e. The summed E-state index contributed by atoms with van der Waals surface area (Å²) in [7, 11) is -3.68. The lowest BCUT2D eigenvalue weighted by Crippen LogP contribution is -2.25. The molecule has 1 aromatic heterocycles. The van der Waals surface area contributed by atoms with Crippen molar-refractivity contribution in [1.82, 2.24) is 15.5 Å². The van der Waals surface area contributed by atoms with Gasteiger partial charge in [0.25, 0.3) is 5.91 Å². The number of rotatable bonds is 5. The van der Waals surface area contributed by atoms with Crippen LogP contribution in [0.3, 0.4) is 0 Å². The second-order valence-electron chi connectivity index (χ2n) is 4.14. The summed E-state index contributed by atoms with van der Waals surface area (Å²) in [5, 5.41) is 15.3. The molecule has 21 heavy (non-hydrogen) atoms. The first-order valence-electron chi connectivity index (χ1n) is 5.85. The van der Waals surface area contributed by atoms with Gasteiger partial charge in [-0.25, -0.2) is 13.6 Å². The third-order valence-corrected chi connectivity index (χ3v) is 4.27. The Morgan fingerprint density at radius 2 is 1.90 bits per heavy atom. The Kier molecular flexibility index (Phi) is 4.50. The van der Waals surface area contributed by atoms with E-state index in [1.165, 1.54) is 12.1 Å². The maximum absolute atomic E-state index is 11.7. The first-order chi connectivity index (χ1) is 9.86. The predicted octanol–water partition coefficient (Wildman–Crippen LogP) is -0.260. The highest BCUT2D eigenvalue weighted by molar-refractivity contribution is 7.89. The molecule has 0 aliphatic carbocycles. The van der Waals surface area contributed by atoms with Crippen LogP contribution in [-0.2, 0) is 16.4 Å². The SMILES string of the molecule is Nc1nnc(C(=O)NCCc2ccc(S(N)(=O)=O)cc2)s1. The first kappa shape index (κ1) is 15.4. The van der Waals surface area contributed by atoms with Crippen molar-refractivity contribution in [1.29, 1.82) is 0 Å². The van der Waals surface area contributed by atoms with E-state index in [1.807, 2.05) is 0 Å². The highest BCUT2D eigenvalue weighted by Gasteiger charge is 2.11. The van der Waals surface area contributed by atoms with Gasteiger partial charge >= 0.3 is 0 Å². The quantitative estimate of drug-likeness (QED) is 0.691. The van der Waals surface area contributed by atoms with Crippen molar-refractivity contribution in [2.45, 2.75) is 11.3 Å². The van der Waals surface area contributed by atoms with Crippen LogP contribution in [0.15, 0.2) is 29.2 Å². The van der Waals surface area contributed by atoms with Crippen molar-refractivity contribution in [2.24, 2.45) is 5.14 Å². The zero-order valence-corrected chi connectivity index (χ0v) is 12.4. The number of aromatic nitrogens is 2. The molecule has 0 spiro atoms. The number of carbonyl (C=O) groups excluding carboxylic acids is 1. The average Bonchev–Trinajstić information content (AvgIpc) is 2.85. The average molecular weight is 327 g/mol. The number of nitrogens with one attached hydrogen (secondary N) is 1. The summed E-state index contributed by atoms with van der Waals surface area (Å²) in [6.45, 7) is 0.382. The molecule has 8 nitrogen and oxygen atoms in total. The van der Waals surface area contributed by atoms with E-state index in [9.17, 15) is 13.2 Å². The van der Waals surface area contributed by atoms with Gasteiger partial charge in [0.1, 0.15) is 0 Å². The lowest BCUT2D eigenvalue weighted by molar-refractivity contribution is 0.0953. The number of anilines is 1. The molecule has 0 saturated carbocycles. The Bertz CT molecular complexity index is 739. The summed E-state index contributed by atoms with van der Waals surface area (Å²) in [6.07, 6.45) is 0.547. The van der Waals surface area contributed by atoms with Crippen LogP contribution < -0.4 is 16.2 Å². The monoisotopic (exact) mass is 327 g/mol. The van der Waals surface area contributed by atoms with Gasteiger partial charge in [0.15, 0.2) is 0 Å². The highest BCUT2D eigenvalue weighted by atomic mass is 32.2. The van der Waals surface area contributed by atoms with Gasteiger partial charge in [0.2, 0.25) is 20.2 Å². The number of sulfonamides is 1. The molecule has 0 bridgehead atoms. The van der Waals surface area contributed by atoms with Crippen LogP contribution in [0.25, 0.3) is 0 Å². The number of hydrogen-bond acceptors (Lipinski definition) is 7. The van der Waals surface area contributed by atoms with E-state index >= 15 is 0 Å². The van der Waals surface area contributed by atoms with Crippen molar-refractivity contribution < 1.29 is 13.2 Å². The van der Waals surface area contributed by atoms with Gasteiger partial charge in [-0.15, -0.1) is 10.2 Å². The number of benzene rings is 1. The Morgan fingerprint density at radius 1 is 1.24 bits per heavy atom. The molecule has 0 fully saturated rings. The summed E-state index contributed by atoms with van der Waals surface area (Å²) in [5.41, 5.74) is 6.27. The molecule has 1 aromatic carbocycles. The summed E-state index contributed by atoms with van der Waals surface area (Å²) in [5.74, 6) is -0.342. The van der Waals surface area contributed by atoms with Gasteiger partial charge in [0.05, 0.1) is 4.90 Å². The van der Waals surface area contributed by atoms with Crippen LogP contribution in [0.1, 0.15) is 15.4 Å². The van der Waals surface area contributed by atoms with Crippen LogP contribution in [0.2, 0.25) is 0 Å². The number of nitrogen functional groups attached to an aromatic ring is 1. The fraction of sp³-hybridized carbons (Fsp3) is 0.182. The summed E-state index contributed by atoms with van der Waals surface area (Å²) in [4.78, 5) is 11.7. The molecule has 0 aliphatic heterocycles. The van der Waals surface area contributed by atoms with Gasteiger partial charge in [-0.3, -0.25) is 4.79 Å². The predicted molar refractivity (Wildman–Crippen MR) is 78.2 cm³/mol. The maximum Gasteiger partial charge on any atom is 0.282 e. The van der Waals surface area contributed by atoms with Crippen molar-refractivity contribution >= 4 is 32.4 Å². The van der Waals surface area contributed by atoms with E-state index in [0.717, 1.165) is 16.9 Å². The van der Waals surface area contributed by atoms with E-state index in [-0.39, 0.29) is 20.9 Å². The summed E-state index contributed by atoms with van der Waals surface area (Å²) < 4.78 is 22.2. The van der Waals surface area contributed by atoms with E-state index in [0.29, 0.717) is 13.0 Å². The smallest absolute Gasteiger partial charge is 0.282 e. The molecular formula is C11H13N5O3S2. The molecule has 0 saturated heterocycles. The Labute approximate surface area is 125 Å².